The van der Waals surface area contributed by atoms with Gasteiger partial charge in [-0.2, -0.15) is 0 Å². The third kappa shape index (κ3) is 7.24. The van der Waals surface area contributed by atoms with Crippen LogP contribution in [0.2, 0.25) is 0 Å². The molecule has 1 rings (SSSR count). The minimum absolute atomic E-state index is 0.105. The molecule has 0 saturated carbocycles. The lowest BCUT2D eigenvalue weighted by atomic mass is 10.1. The molecule has 0 aromatic heterocycles. The second-order valence-corrected chi connectivity index (χ2v) is 4.79. The maximum Gasteiger partial charge on any atom is 0.157 e. The van der Waals surface area contributed by atoms with Gasteiger partial charge in [-0.05, 0) is 19.3 Å². The van der Waals surface area contributed by atoms with E-state index in [0.29, 0.717) is 0 Å². The third-order valence-electron chi connectivity index (χ3n) is 3.19. The average Bonchev–Trinajstić information content (AvgIpc) is 2.34. The van der Waals surface area contributed by atoms with E-state index >= 15 is 0 Å². The lowest BCUT2D eigenvalue weighted by molar-refractivity contribution is -0.181. The molecule has 0 unspecified atom stereocenters. The van der Waals surface area contributed by atoms with E-state index in [9.17, 15) is 0 Å². The molecule has 0 bridgehead atoms. The molecule has 0 atom stereocenters. The summed E-state index contributed by atoms with van der Waals surface area (Å²) in [6.45, 7) is 4.05. The molecule has 0 spiro atoms. The molecule has 16 heavy (non-hydrogen) atoms. The van der Waals surface area contributed by atoms with Gasteiger partial charge in [-0.1, -0.05) is 51.9 Å². The summed E-state index contributed by atoms with van der Waals surface area (Å²) in [5.41, 5.74) is 0. The Balaban J connectivity index is 1.77. The van der Waals surface area contributed by atoms with Crippen LogP contribution in [0.15, 0.2) is 0 Å². The highest BCUT2D eigenvalue weighted by atomic mass is 16.7. The molecule has 1 aliphatic rings. The molecule has 2 nitrogen and oxygen atoms in total. The lowest BCUT2D eigenvalue weighted by Gasteiger charge is -2.22. The summed E-state index contributed by atoms with van der Waals surface area (Å²) in [4.78, 5) is 0. The van der Waals surface area contributed by atoms with Gasteiger partial charge in [0.05, 0.1) is 13.2 Å². The van der Waals surface area contributed by atoms with E-state index < -0.39 is 0 Å². The minimum atomic E-state index is 0.105. The number of unbranched alkanes of at least 4 members (excludes halogenated alkanes) is 7. The van der Waals surface area contributed by atoms with Crippen molar-refractivity contribution < 1.29 is 9.47 Å². The first-order valence-electron chi connectivity index (χ1n) is 7.16. The highest BCUT2D eigenvalue weighted by molar-refractivity contribution is 4.53. The van der Waals surface area contributed by atoms with Gasteiger partial charge < -0.3 is 9.47 Å². The second kappa shape index (κ2) is 10.1. The topological polar surface area (TPSA) is 18.5 Å². The van der Waals surface area contributed by atoms with Crippen LogP contribution in [0, 0.1) is 0 Å². The summed E-state index contributed by atoms with van der Waals surface area (Å²) in [6.07, 6.45) is 13.3. The fourth-order valence-electron chi connectivity index (χ4n) is 2.15. The predicted molar refractivity (Wildman–Crippen MR) is 67.5 cm³/mol. The zero-order valence-corrected chi connectivity index (χ0v) is 10.9. The Labute approximate surface area is 101 Å². The van der Waals surface area contributed by atoms with E-state index in [2.05, 4.69) is 6.92 Å². The molecular weight excluding hydrogens is 200 g/mol. The van der Waals surface area contributed by atoms with Gasteiger partial charge in [-0.15, -0.1) is 0 Å². The van der Waals surface area contributed by atoms with Gasteiger partial charge in [-0.25, -0.2) is 0 Å². The molecule has 0 aromatic carbocycles. The first kappa shape index (κ1) is 14.0. The van der Waals surface area contributed by atoms with Crippen molar-refractivity contribution in [2.45, 2.75) is 77.4 Å². The smallest absolute Gasteiger partial charge is 0.157 e. The molecule has 0 N–H and O–H groups in total. The molecule has 1 fully saturated rings. The SMILES string of the molecule is CCCCCCCCCCC1OCCCO1. The van der Waals surface area contributed by atoms with Gasteiger partial charge in [0.2, 0.25) is 0 Å². The van der Waals surface area contributed by atoms with Gasteiger partial charge >= 0.3 is 0 Å². The first-order chi connectivity index (χ1) is 7.93. The Morgan fingerprint density at radius 2 is 1.38 bits per heavy atom. The monoisotopic (exact) mass is 228 g/mol. The van der Waals surface area contributed by atoms with Crippen molar-refractivity contribution in [1.29, 1.82) is 0 Å². The molecule has 1 heterocycles. The molecular formula is C14H28O2. The largest absolute Gasteiger partial charge is 0.353 e. The Bertz CT molecular complexity index is 142. The van der Waals surface area contributed by atoms with E-state index in [0.717, 1.165) is 26.1 Å². The molecule has 1 aliphatic heterocycles. The van der Waals surface area contributed by atoms with Crippen LogP contribution in [0.5, 0.6) is 0 Å². The number of ether oxygens (including phenoxy) is 2. The van der Waals surface area contributed by atoms with E-state index in [1.165, 1.54) is 51.4 Å². The summed E-state index contributed by atoms with van der Waals surface area (Å²) in [5.74, 6) is 0. The number of hydrogen-bond acceptors (Lipinski definition) is 2. The van der Waals surface area contributed by atoms with Crippen LogP contribution in [0.3, 0.4) is 0 Å². The quantitative estimate of drug-likeness (QED) is 0.548. The van der Waals surface area contributed by atoms with E-state index in [1.807, 2.05) is 0 Å². The summed E-state index contributed by atoms with van der Waals surface area (Å²) in [5, 5.41) is 0. The molecule has 2 heteroatoms. The summed E-state index contributed by atoms with van der Waals surface area (Å²) < 4.78 is 11.0. The summed E-state index contributed by atoms with van der Waals surface area (Å²) >= 11 is 0. The van der Waals surface area contributed by atoms with Crippen molar-refractivity contribution in [2.24, 2.45) is 0 Å². The van der Waals surface area contributed by atoms with Crippen molar-refractivity contribution in [3.05, 3.63) is 0 Å². The maximum absolute atomic E-state index is 5.52. The van der Waals surface area contributed by atoms with Gasteiger partial charge in [0, 0.05) is 0 Å². The van der Waals surface area contributed by atoms with Crippen molar-refractivity contribution in [1.82, 2.24) is 0 Å². The molecule has 0 aromatic rings. The fraction of sp³-hybridized carbons (Fsp3) is 1.00. The summed E-state index contributed by atoms with van der Waals surface area (Å²) in [6, 6.07) is 0. The standard InChI is InChI=1S/C14H28O2/c1-2-3-4-5-6-7-8-9-11-14-15-12-10-13-16-14/h14H,2-13H2,1H3. The highest BCUT2D eigenvalue weighted by Crippen LogP contribution is 2.14. The zero-order chi connectivity index (χ0) is 11.5. The van der Waals surface area contributed by atoms with Crippen LogP contribution in [0.25, 0.3) is 0 Å². The summed E-state index contributed by atoms with van der Waals surface area (Å²) in [7, 11) is 0. The zero-order valence-electron chi connectivity index (χ0n) is 10.9. The van der Waals surface area contributed by atoms with E-state index in [-0.39, 0.29) is 6.29 Å². The molecule has 1 saturated heterocycles. The molecule has 0 amide bonds. The van der Waals surface area contributed by atoms with Crippen LogP contribution in [-0.4, -0.2) is 19.5 Å². The third-order valence-corrected chi connectivity index (χ3v) is 3.19. The van der Waals surface area contributed by atoms with Crippen LogP contribution in [0.4, 0.5) is 0 Å². The van der Waals surface area contributed by atoms with Gasteiger partial charge in [0.1, 0.15) is 0 Å². The minimum Gasteiger partial charge on any atom is -0.353 e. The maximum atomic E-state index is 5.52. The van der Waals surface area contributed by atoms with E-state index in [4.69, 9.17) is 9.47 Å². The van der Waals surface area contributed by atoms with Crippen LogP contribution < -0.4 is 0 Å². The second-order valence-electron chi connectivity index (χ2n) is 4.79. The highest BCUT2D eigenvalue weighted by Gasteiger charge is 2.12. The Hall–Kier alpha value is -0.0800. The van der Waals surface area contributed by atoms with Crippen molar-refractivity contribution in [2.75, 3.05) is 13.2 Å². The van der Waals surface area contributed by atoms with Gasteiger partial charge in [0.15, 0.2) is 6.29 Å². The van der Waals surface area contributed by atoms with Crippen LogP contribution >= 0.6 is 0 Å². The Morgan fingerprint density at radius 3 is 2.00 bits per heavy atom. The molecule has 0 radical (unpaired) electrons. The fourth-order valence-corrected chi connectivity index (χ4v) is 2.15. The van der Waals surface area contributed by atoms with Crippen LogP contribution in [0.1, 0.15) is 71.1 Å². The van der Waals surface area contributed by atoms with E-state index in [1.54, 1.807) is 0 Å². The van der Waals surface area contributed by atoms with Gasteiger partial charge in [0.25, 0.3) is 0 Å². The first-order valence-corrected chi connectivity index (χ1v) is 7.16. The van der Waals surface area contributed by atoms with Crippen molar-refractivity contribution in [3.63, 3.8) is 0 Å². The number of hydrogen-bond donors (Lipinski definition) is 0. The molecule has 96 valence electrons. The normalized spacial score (nSPS) is 17.8. The van der Waals surface area contributed by atoms with Crippen molar-refractivity contribution >= 4 is 0 Å². The van der Waals surface area contributed by atoms with Gasteiger partial charge in [-0.3, -0.25) is 0 Å². The Morgan fingerprint density at radius 1 is 0.812 bits per heavy atom. The van der Waals surface area contributed by atoms with Crippen molar-refractivity contribution in [3.8, 4) is 0 Å². The predicted octanol–water partition coefficient (Wildman–Crippen LogP) is 4.28. The Kier molecular flexibility index (Phi) is 8.83. The van der Waals surface area contributed by atoms with Crippen LogP contribution in [-0.2, 0) is 9.47 Å². The number of rotatable bonds is 9. The molecule has 0 aliphatic carbocycles. The average molecular weight is 228 g/mol. The lowest BCUT2D eigenvalue weighted by Crippen LogP contribution is -2.24.